The SMILES string of the molecule is CCOC(=O)c1ccc(Nc2nncc(N3CCN(C)CC3)n2)cc1. The fourth-order valence-corrected chi connectivity index (χ4v) is 2.57. The topological polar surface area (TPSA) is 83.5 Å². The van der Waals surface area contributed by atoms with Gasteiger partial charge in [-0.05, 0) is 38.2 Å². The van der Waals surface area contributed by atoms with E-state index in [4.69, 9.17) is 4.74 Å². The van der Waals surface area contributed by atoms with Gasteiger partial charge < -0.3 is 19.9 Å². The van der Waals surface area contributed by atoms with Crippen molar-refractivity contribution in [3.05, 3.63) is 36.0 Å². The van der Waals surface area contributed by atoms with Crippen LogP contribution in [-0.4, -0.2) is 65.9 Å². The Morgan fingerprint density at radius 3 is 2.60 bits per heavy atom. The summed E-state index contributed by atoms with van der Waals surface area (Å²) in [6.45, 7) is 5.98. The number of aromatic nitrogens is 3. The molecule has 0 saturated carbocycles. The standard InChI is InChI=1S/C17H22N6O2/c1-3-25-16(24)13-4-6-14(7-5-13)19-17-20-15(12-18-21-17)23-10-8-22(2)9-11-23/h4-7,12H,3,8-11H2,1-2H3,(H,19,20,21). The van der Waals surface area contributed by atoms with Gasteiger partial charge in [0.2, 0.25) is 5.95 Å². The minimum absolute atomic E-state index is 0.330. The highest BCUT2D eigenvalue weighted by atomic mass is 16.5. The zero-order valence-electron chi connectivity index (χ0n) is 14.5. The summed E-state index contributed by atoms with van der Waals surface area (Å²) >= 11 is 0. The van der Waals surface area contributed by atoms with E-state index in [-0.39, 0.29) is 5.97 Å². The Morgan fingerprint density at radius 1 is 1.20 bits per heavy atom. The second-order valence-corrected chi connectivity index (χ2v) is 5.85. The normalized spacial score (nSPS) is 15.0. The molecular formula is C17H22N6O2. The largest absolute Gasteiger partial charge is 0.462 e. The first-order valence-corrected chi connectivity index (χ1v) is 8.33. The molecule has 8 nitrogen and oxygen atoms in total. The summed E-state index contributed by atoms with van der Waals surface area (Å²) in [5.41, 5.74) is 1.29. The van der Waals surface area contributed by atoms with Gasteiger partial charge in [0.05, 0.1) is 18.4 Å². The molecule has 1 aromatic heterocycles. The second kappa shape index (κ2) is 7.89. The lowest BCUT2D eigenvalue weighted by Crippen LogP contribution is -2.44. The van der Waals surface area contributed by atoms with E-state index < -0.39 is 0 Å². The quantitative estimate of drug-likeness (QED) is 0.820. The molecule has 0 unspecified atom stereocenters. The number of nitrogens with one attached hydrogen (secondary N) is 1. The molecule has 25 heavy (non-hydrogen) atoms. The molecule has 1 N–H and O–H groups in total. The maximum Gasteiger partial charge on any atom is 0.338 e. The van der Waals surface area contributed by atoms with Crippen molar-refractivity contribution in [3.8, 4) is 0 Å². The number of rotatable bonds is 5. The van der Waals surface area contributed by atoms with E-state index in [0.29, 0.717) is 18.1 Å². The molecule has 2 aromatic rings. The van der Waals surface area contributed by atoms with Crippen LogP contribution in [0.25, 0.3) is 0 Å². The van der Waals surface area contributed by atoms with Gasteiger partial charge in [-0.25, -0.2) is 4.79 Å². The molecule has 8 heteroatoms. The highest BCUT2D eigenvalue weighted by Gasteiger charge is 2.16. The van der Waals surface area contributed by atoms with E-state index in [0.717, 1.165) is 37.7 Å². The number of hydrogen-bond acceptors (Lipinski definition) is 8. The van der Waals surface area contributed by atoms with Gasteiger partial charge in [0.1, 0.15) is 0 Å². The van der Waals surface area contributed by atoms with Crippen molar-refractivity contribution in [1.29, 1.82) is 0 Å². The molecule has 0 radical (unpaired) electrons. The third-order valence-electron chi connectivity index (χ3n) is 4.03. The third-order valence-corrected chi connectivity index (χ3v) is 4.03. The number of likely N-dealkylation sites (N-methyl/N-ethyl adjacent to an activating group) is 1. The van der Waals surface area contributed by atoms with Gasteiger partial charge in [0.25, 0.3) is 0 Å². The van der Waals surface area contributed by atoms with E-state index in [9.17, 15) is 4.79 Å². The Bertz CT molecular complexity index is 713. The number of hydrogen-bond donors (Lipinski definition) is 1. The highest BCUT2D eigenvalue weighted by Crippen LogP contribution is 2.17. The molecule has 1 aliphatic heterocycles. The number of carbonyl (C=O) groups is 1. The number of esters is 1. The Balaban J connectivity index is 1.67. The molecule has 0 spiro atoms. The first kappa shape index (κ1) is 17.1. The summed E-state index contributed by atoms with van der Waals surface area (Å²) in [4.78, 5) is 20.7. The van der Waals surface area contributed by atoms with Crippen LogP contribution in [0.15, 0.2) is 30.5 Å². The van der Waals surface area contributed by atoms with Gasteiger partial charge >= 0.3 is 5.97 Å². The third kappa shape index (κ3) is 4.42. The average molecular weight is 342 g/mol. The van der Waals surface area contributed by atoms with Crippen LogP contribution < -0.4 is 10.2 Å². The molecule has 2 heterocycles. The first-order valence-electron chi connectivity index (χ1n) is 8.33. The predicted molar refractivity (Wildman–Crippen MR) is 95.2 cm³/mol. The Kier molecular flexibility index (Phi) is 5.39. The summed E-state index contributed by atoms with van der Waals surface area (Å²) in [5.74, 6) is 0.915. The van der Waals surface area contributed by atoms with Gasteiger partial charge in [-0.15, -0.1) is 5.10 Å². The molecule has 0 amide bonds. The van der Waals surface area contributed by atoms with E-state index >= 15 is 0 Å². The lowest BCUT2D eigenvalue weighted by atomic mass is 10.2. The maximum absolute atomic E-state index is 11.7. The smallest absolute Gasteiger partial charge is 0.338 e. The fraction of sp³-hybridized carbons (Fsp3) is 0.412. The fourth-order valence-electron chi connectivity index (χ4n) is 2.57. The van der Waals surface area contributed by atoms with Crippen molar-refractivity contribution < 1.29 is 9.53 Å². The maximum atomic E-state index is 11.7. The van der Waals surface area contributed by atoms with E-state index in [1.165, 1.54) is 0 Å². The average Bonchev–Trinajstić information content (AvgIpc) is 2.63. The number of ether oxygens (including phenoxy) is 1. The van der Waals surface area contributed by atoms with Crippen LogP contribution in [0.2, 0.25) is 0 Å². The molecule has 0 bridgehead atoms. The van der Waals surface area contributed by atoms with Crippen molar-refractivity contribution in [1.82, 2.24) is 20.1 Å². The summed E-state index contributed by atoms with van der Waals surface area (Å²) in [7, 11) is 2.11. The van der Waals surface area contributed by atoms with Crippen molar-refractivity contribution in [3.63, 3.8) is 0 Å². The van der Waals surface area contributed by atoms with Crippen molar-refractivity contribution in [2.75, 3.05) is 50.1 Å². The van der Waals surface area contributed by atoms with Crippen molar-refractivity contribution in [2.45, 2.75) is 6.92 Å². The lowest BCUT2D eigenvalue weighted by Gasteiger charge is -2.32. The van der Waals surface area contributed by atoms with Crippen LogP contribution in [0.4, 0.5) is 17.5 Å². The molecule has 1 saturated heterocycles. The number of nitrogens with zero attached hydrogens (tertiary/aromatic N) is 5. The number of carbonyl (C=O) groups excluding carboxylic acids is 1. The first-order chi connectivity index (χ1) is 12.2. The van der Waals surface area contributed by atoms with Crippen molar-refractivity contribution in [2.24, 2.45) is 0 Å². The van der Waals surface area contributed by atoms with E-state index in [2.05, 4.69) is 37.3 Å². The summed E-state index contributed by atoms with van der Waals surface area (Å²) < 4.78 is 4.97. The van der Waals surface area contributed by atoms with Crippen molar-refractivity contribution >= 4 is 23.4 Å². The molecule has 1 aromatic carbocycles. The Labute approximate surface area is 146 Å². The van der Waals surface area contributed by atoms with Crippen LogP contribution in [-0.2, 0) is 4.74 Å². The van der Waals surface area contributed by atoms with Gasteiger partial charge in [-0.2, -0.15) is 10.1 Å². The summed E-state index contributed by atoms with van der Waals surface area (Å²) in [6, 6.07) is 6.99. The molecule has 3 rings (SSSR count). The molecule has 1 fully saturated rings. The van der Waals surface area contributed by atoms with Crippen LogP contribution in [0.3, 0.4) is 0 Å². The van der Waals surface area contributed by atoms with Crippen LogP contribution in [0.1, 0.15) is 17.3 Å². The molecule has 0 atom stereocenters. The van der Waals surface area contributed by atoms with Gasteiger partial charge in [-0.3, -0.25) is 0 Å². The second-order valence-electron chi connectivity index (χ2n) is 5.85. The lowest BCUT2D eigenvalue weighted by molar-refractivity contribution is 0.0526. The highest BCUT2D eigenvalue weighted by molar-refractivity contribution is 5.89. The number of piperazine rings is 1. The Morgan fingerprint density at radius 2 is 1.92 bits per heavy atom. The number of anilines is 3. The monoisotopic (exact) mass is 342 g/mol. The van der Waals surface area contributed by atoms with Crippen LogP contribution in [0.5, 0.6) is 0 Å². The van der Waals surface area contributed by atoms with Crippen LogP contribution in [0, 0.1) is 0 Å². The predicted octanol–water partition coefficient (Wildman–Crippen LogP) is 1.54. The summed E-state index contributed by atoms with van der Waals surface area (Å²) in [5, 5.41) is 11.2. The minimum atomic E-state index is -0.330. The molecule has 0 aliphatic carbocycles. The van der Waals surface area contributed by atoms with E-state index in [1.54, 1.807) is 37.4 Å². The van der Waals surface area contributed by atoms with Gasteiger partial charge in [-0.1, -0.05) is 0 Å². The zero-order chi connectivity index (χ0) is 17.6. The van der Waals surface area contributed by atoms with Gasteiger partial charge in [0, 0.05) is 31.9 Å². The Hall–Kier alpha value is -2.74. The summed E-state index contributed by atoms with van der Waals surface area (Å²) in [6.07, 6.45) is 1.68. The minimum Gasteiger partial charge on any atom is -0.462 e. The van der Waals surface area contributed by atoms with Crippen LogP contribution >= 0.6 is 0 Å². The van der Waals surface area contributed by atoms with E-state index in [1.807, 2.05) is 0 Å². The molecule has 132 valence electrons. The number of benzene rings is 1. The molecular weight excluding hydrogens is 320 g/mol. The van der Waals surface area contributed by atoms with Gasteiger partial charge in [0.15, 0.2) is 5.82 Å². The zero-order valence-corrected chi connectivity index (χ0v) is 14.5. The molecule has 1 aliphatic rings.